The van der Waals surface area contributed by atoms with Crippen LogP contribution in [0.1, 0.15) is 11.9 Å². The number of thiazole rings is 1. The molecule has 4 rings (SSSR count). The molecule has 0 aliphatic heterocycles. The van der Waals surface area contributed by atoms with Crippen molar-refractivity contribution in [1.29, 1.82) is 5.26 Å². The van der Waals surface area contributed by atoms with Crippen LogP contribution in [0.25, 0.3) is 26.8 Å². The minimum absolute atomic E-state index is 0.0219. The number of nitriles is 1. The Morgan fingerprint density at radius 3 is 2.56 bits per heavy atom. The number of hydrogen-bond donors (Lipinski definition) is 1. The first-order valence-corrected chi connectivity index (χ1v) is 10.1. The molecule has 4 aromatic rings. The number of hydrogen-bond acceptors (Lipinski definition) is 6. The lowest BCUT2D eigenvalue weighted by Gasteiger charge is -2.11. The monoisotopic (exact) mass is 392 g/mol. The van der Waals surface area contributed by atoms with E-state index >= 15 is 0 Å². The van der Waals surface area contributed by atoms with Crippen molar-refractivity contribution in [2.24, 2.45) is 7.05 Å². The van der Waals surface area contributed by atoms with Gasteiger partial charge in [0.25, 0.3) is 0 Å². The molecule has 5 nitrogen and oxygen atoms in total. The van der Waals surface area contributed by atoms with E-state index in [-0.39, 0.29) is 16.6 Å². The van der Waals surface area contributed by atoms with Crippen molar-refractivity contribution in [1.82, 2.24) is 14.5 Å². The van der Waals surface area contributed by atoms with Crippen molar-refractivity contribution in [3.8, 4) is 6.07 Å². The summed E-state index contributed by atoms with van der Waals surface area (Å²) < 4.78 is 2.98. The highest BCUT2D eigenvalue weighted by molar-refractivity contribution is 8.00. The lowest BCUT2D eigenvalue weighted by atomic mass is 10.2. The van der Waals surface area contributed by atoms with Gasteiger partial charge in [0.15, 0.2) is 5.16 Å². The third-order valence-corrected chi connectivity index (χ3v) is 6.50. The third kappa shape index (κ3) is 3.18. The van der Waals surface area contributed by atoms with Crippen LogP contribution in [-0.2, 0) is 7.05 Å². The summed E-state index contributed by atoms with van der Waals surface area (Å²) in [6, 6.07) is 17.7. The van der Waals surface area contributed by atoms with Gasteiger partial charge < -0.3 is 9.67 Å². The molecule has 0 saturated heterocycles. The van der Waals surface area contributed by atoms with E-state index in [1.807, 2.05) is 67.1 Å². The maximum absolute atomic E-state index is 10.7. The zero-order valence-corrected chi connectivity index (χ0v) is 16.4. The molecule has 0 aliphatic rings. The predicted octanol–water partition coefficient (Wildman–Crippen LogP) is 5.16. The maximum atomic E-state index is 10.7. The molecule has 2 heterocycles. The molecule has 27 heavy (non-hydrogen) atoms. The largest absolute Gasteiger partial charge is 0.510 e. The molecule has 2 aromatic carbocycles. The number of thioether (sulfide) groups is 1. The van der Waals surface area contributed by atoms with E-state index in [9.17, 15) is 10.4 Å². The fourth-order valence-electron chi connectivity index (χ4n) is 2.84. The van der Waals surface area contributed by atoms with Crippen LogP contribution in [0.3, 0.4) is 0 Å². The second-order valence-corrected chi connectivity index (χ2v) is 8.40. The summed E-state index contributed by atoms with van der Waals surface area (Å²) in [6.07, 6.45) is 0. The van der Waals surface area contributed by atoms with Gasteiger partial charge in [-0.2, -0.15) is 5.26 Å². The molecule has 0 radical (unpaired) electrons. The van der Waals surface area contributed by atoms with Crippen molar-refractivity contribution in [3.05, 3.63) is 59.3 Å². The average molecular weight is 393 g/mol. The van der Waals surface area contributed by atoms with Gasteiger partial charge in [0, 0.05) is 7.05 Å². The maximum Gasteiger partial charge on any atom is 0.169 e. The number of benzene rings is 2. The number of nitrogens with zero attached hydrogens (tertiary/aromatic N) is 4. The van der Waals surface area contributed by atoms with Gasteiger partial charge in [-0.05, 0) is 31.2 Å². The SMILES string of the molecule is C[C@H](Sc1nc2ccccc2n1C)C(O)=C(C#N)c1nc2ccccc2s1. The van der Waals surface area contributed by atoms with E-state index in [0.717, 1.165) is 26.4 Å². The lowest BCUT2D eigenvalue weighted by molar-refractivity contribution is 0.402. The summed E-state index contributed by atoms with van der Waals surface area (Å²) in [7, 11) is 1.95. The zero-order chi connectivity index (χ0) is 19.0. The molecule has 0 spiro atoms. The van der Waals surface area contributed by atoms with E-state index in [2.05, 4.69) is 16.0 Å². The highest BCUT2D eigenvalue weighted by Crippen LogP contribution is 2.34. The van der Waals surface area contributed by atoms with Gasteiger partial charge in [0.2, 0.25) is 0 Å². The van der Waals surface area contributed by atoms with Crippen LogP contribution >= 0.6 is 23.1 Å². The topological polar surface area (TPSA) is 74.7 Å². The normalized spacial score (nSPS) is 13.5. The Kier molecular flexibility index (Phi) is 4.60. The zero-order valence-electron chi connectivity index (χ0n) is 14.7. The van der Waals surface area contributed by atoms with Crippen LogP contribution in [0.15, 0.2) is 59.4 Å². The van der Waals surface area contributed by atoms with Gasteiger partial charge in [-0.25, -0.2) is 9.97 Å². The van der Waals surface area contributed by atoms with Crippen molar-refractivity contribution < 1.29 is 5.11 Å². The molecule has 0 saturated carbocycles. The van der Waals surface area contributed by atoms with Crippen molar-refractivity contribution in [2.75, 3.05) is 0 Å². The number of para-hydroxylation sites is 3. The van der Waals surface area contributed by atoms with Crippen LogP contribution in [0, 0.1) is 11.3 Å². The van der Waals surface area contributed by atoms with Crippen LogP contribution in [0.4, 0.5) is 0 Å². The fourth-order valence-corrected chi connectivity index (χ4v) is 4.76. The second kappa shape index (κ2) is 7.06. The smallest absolute Gasteiger partial charge is 0.169 e. The quantitative estimate of drug-likeness (QED) is 0.295. The summed E-state index contributed by atoms with van der Waals surface area (Å²) >= 11 is 2.83. The third-order valence-electron chi connectivity index (χ3n) is 4.29. The number of aliphatic hydroxyl groups excluding tert-OH is 1. The molecular formula is C20H16N4OS2. The summed E-state index contributed by atoms with van der Waals surface area (Å²) in [5.74, 6) is 0.0219. The van der Waals surface area contributed by atoms with Gasteiger partial charge in [-0.15, -0.1) is 11.3 Å². The Labute approximate surface area is 164 Å². The molecule has 0 amide bonds. The summed E-state index contributed by atoms with van der Waals surface area (Å²) in [5, 5.41) is 21.4. The minimum Gasteiger partial charge on any atom is -0.510 e. The number of aliphatic hydroxyl groups is 1. The molecule has 0 bridgehead atoms. The summed E-state index contributed by atoms with van der Waals surface area (Å²) in [4.78, 5) is 9.12. The Morgan fingerprint density at radius 2 is 1.85 bits per heavy atom. The lowest BCUT2D eigenvalue weighted by Crippen LogP contribution is -2.05. The van der Waals surface area contributed by atoms with Crippen LogP contribution in [0.5, 0.6) is 0 Å². The Bertz CT molecular complexity index is 1180. The molecule has 7 heteroatoms. The molecule has 0 fully saturated rings. The number of imidazole rings is 1. The molecule has 134 valence electrons. The first kappa shape index (κ1) is 17.6. The number of rotatable bonds is 4. The molecule has 0 unspecified atom stereocenters. The molecule has 1 N–H and O–H groups in total. The Morgan fingerprint density at radius 1 is 1.15 bits per heavy atom. The van der Waals surface area contributed by atoms with E-state index < -0.39 is 0 Å². The number of fused-ring (bicyclic) bond motifs is 2. The standard InChI is InChI=1S/C20H16N4OS2/c1-12(26-20-23-14-7-3-5-9-16(14)24(20)2)18(25)13(11-21)19-22-15-8-4-6-10-17(15)27-19/h3-10,12,25H,1-2H3/t12-/m0/s1. The first-order valence-electron chi connectivity index (χ1n) is 8.35. The van der Waals surface area contributed by atoms with Gasteiger partial charge in [0.05, 0.1) is 26.5 Å². The van der Waals surface area contributed by atoms with Crippen molar-refractivity contribution in [2.45, 2.75) is 17.3 Å². The van der Waals surface area contributed by atoms with Gasteiger partial charge in [0.1, 0.15) is 22.4 Å². The second-order valence-electron chi connectivity index (χ2n) is 6.06. The summed E-state index contributed by atoms with van der Waals surface area (Å²) in [6.45, 7) is 1.87. The van der Waals surface area contributed by atoms with E-state index in [0.29, 0.717) is 5.01 Å². The van der Waals surface area contributed by atoms with Crippen LogP contribution < -0.4 is 0 Å². The van der Waals surface area contributed by atoms with Gasteiger partial charge in [-0.3, -0.25) is 0 Å². The van der Waals surface area contributed by atoms with Crippen molar-refractivity contribution in [3.63, 3.8) is 0 Å². The number of aryl methyl sites for hydroxylation is 1. The summed E-state index contributed by atoms with van der Waals surface area (Å²) in [5.41, 5.74) is 2.98. The van der Waals surface area contributed by atoms with E-state index in [1.165, 1.54) is 23.1 Å². The number of allylic oxidation sites excluding steroid dienone is 1. The first-order chi connectivity index (χ1) is 13.1. The number of aromatic nitrogens is 3. The van der Waals surface area contributed by atoms with Crippen LogP contribution in [-0.4, -0.2) is 24.9 Å². The molecule has 1 atom stereocenters. The minimum atomic E-state index is -0.331. The van der Waals surface area contributed by atoms with Crippen LogP contribution in [0.2, 0.25) is 0 Å². The molecule has 0 aliphatic carbocycles. The fraction of sp³-hybridized carbons (Fsp3) is 0.150. The highest BCUT2D eigenvalue weighted by Gasteiger charge is 2.21. The predicted molar refractivity (Wildman–Crippen MR) is 111 cm³/mol. The molecular weight excluding hydrogens is 376 g/mol. The highest BCUT2D eigenvalue weighted by atomic mass is 32.2. The van der Waals surface area contributed by atoms with E-state index in [4.69, 9.17) is 0 Å². The van der Waals surface area contributed by atoms with Gasteiger partial charge in [-0.1, -0.05) is 36.0 Å². The molecule has 2 aromatic heterocycles. The Hall–Kier alpha value is -2.82. The van der Waals surface area contributed by atoms with E-state index in [1.54, 1.807) is 0 Å². The van der Waals surface area contributed by atoms with Crippen molar-refractivity contribution >= 4 is 49.9 Å². The Balaban J connectivity index is 1.69. The average Bonchev–Trinajstić information content (AvgIpc) is 3.24. The van der Waals surface area contributed by atoms with Gasteiger partial charge >= 0.3 is 0 Å².